The molecule has 0 aliphatic heterocycles. The van der Waals surface area contributed by atoms with Crippen LogP contribution in [0.5, 0.6) is 0 Å². The quantitative estimate of drug-likeness (QED) is 0.777. The van der Waals surface area contributed by atoms with Crippen LogP contribution in [0, 0.1) is 5.82 Å². The number of nitrogens with zero attached hydrogens (tertiary/aromatic N) is 2. The topological polar surface area (TPSA) is 70.7 Å². The molecule has 2 heterocycles. The molecule has 0 aliphatic carbocycles. The van der Waals surface area contributed by atoms with E-state index in [9.17, 15) is 9.18 Å². The van der Waals surface area contributed by atoms with E-state index in [1.54, 1.807) is 30.6 Å². The fourth-order valence-corrected chi connectivity index (χ4v) is 1.99. The monoisotopic (exact) mass is 296 g/mol. The fourth-order valence-electron chi connectivity index (χ4n) is 1.99. The number of halogens is 1. The Morgan fingerprint density at radius 3 is 2.59 bits per heavy atom. The predicted octanol–water partition coefficient (Wildman–Crippen LogP) is 2.54. The summed E-state index contributed by atoms with van der Waals surface area (Å²) in [7, 11) is 0. The second-order valence-electron chi connectivity index (χ2n) is 4.71. The number of carbonyl (C=O) groups excluding carboxylic acids is 1. The molecule has 0 saturated carbocycles. The number of amides is 1. The summed E-state index contributed by atoms with van der Waals surface area (Å²) in [5.74, 6) is -0.567. The smallest absolute Gasteiger partial charge is 0.269 e. The van der Waals surface area contributed by atoms with Crippen molar-refractivity contribution in [3.05, 3.63) is 71.9 Å². The Balaban J connectivity index is 1.66. The first kappa shape index (κ1) is 13.9. The van der Waals surface area contributed by atoms with Gasteiger partial charge in [0.05, 0.1) is 5.69 Å². The van der Waals surface area contributed by atoms with Gasteiger partial charge in [0, 0.05) is 24.5 Å². The van der Waals surface area contributed by atoms with Crippen LogP contribution in [0.3, 0.4) is 0 Å². The van der Waals surface area contributed by atoms with Crippen molar-refractivity contribution < 1.29 is 9.18 Å². The molecule has 0 radical (unpaired) electrons. The third-order valence-corrected chi connectivity index (χ3v) is 3.16. The van der Waals surface area contributed by atoms with Gasteiger partial charge in [-0.25, -0.2) is 4.39 Å². The van der Waals surface area contributed by atoms with Gasteiger partial charge in [-0.2, -0.15) is 5.10 Å². The molecule has 0 unspecified atom stereocenters. The molecule has 0 bridgehead atoms. The summed E-state index contributed by atoms with van der Waals surface area (Å²) < 4.78 is 12.8. The predicted molar refractivity (Wildman–Crippen MR) is 79.4 cm³/mol. The zero-order valence-electron chi connectivity index (χ0n) is 11.6. The summed E-state index contributed by atoms with van der Waals surface area (Å²) in [4.78, 5) is 16.0. The van der Waals surface area contributed by atoms with E-state index < -0.39 is 0 Å². The van der Waals surface area contributed by atoms with Crippen LogP contribution in [0.25, 0.3) is 11.3 Å². The largest absolute Gasteiger partial charge is 0.347 e. The Labute approximate surface area is 126 Å². The second kappa shape index (κ2) is 6.17. The lowest BCUT2D eigenvalue weighted by Gasteiger charge is -2.03. The number of hydrogen-bond donors (Lipinski definition) is 2. The summed E-state index contributed by atoms with van der Waals surface area (Å²) in [6.45, 7) is 0.322. The van der Waals surface area contributed by atoms with Gasteiger partial charge in [0.25, 0.3) is 5.91 Å². The van der Waals surface area contributed by atoms with Gasteiger partial charge < -0.3 is 5.32 Å². The van der Waals surface area contributed by atoms with Crippen LogP contribution in [0.2, 0.25) is 0 Å². The Bertz CT molecular complexity index is 768. The Hall–Kier alpha value is -3.02. The van der Waals surface area contributed by atoms with E-state index in [0.29, 0.717) is 17.9 Å². The van der Waals surface area contributed by atoms with Crippen LogP contribution in [0.1, 0.15) is 16.1 Å². The number of aromatic nitrogens is 3. The molecule has 1 aromatic carbocycles. The highest BCUT2D eigenvalue weighted by Gasteiger charge is 2.10. The number of rotatable bonds is 4. The first-order chi connectivity index (χ1) is 10.7. The minimum absolute atomic E-state index is 0.267. The third-order valence-electron chi connectivity index (χ3n) is 3.16. The molecule has 110 valence electrons. The van der Waals surface area contributed by atoms with Gasteiger partial charge in [-0.15, -0.1) is 0 Å². The van der Waals surface area contributed by atoms with Crippen molar-refractivity contribution in [3.8, 4) is 11.3 Å². The lowest BCUT2D eigenvalue weighted by Crippen LogP contribution is -2.23. The normalized spacial score (nSPS) is 10.4. The lowest BCUT2D eigenvalue weighted by molar-refractivity contribution is 0.0946. The fraction of sp³-hybridized carbons (Fsp3) is 0.0625. The third kappa shape index (κ3) is 3.17. The second-order valence-corrected chi connectivity index (χ2v) is 4.71. The number of carbonyl (C=O) groups is 1. The highest BCUT2D eigenvalue weighted by atomic mass is 19.1. The van der Waals surface area contributed by atoms with E-state index >= 15 is 0 Å². The van der Waals surface area contributed by atoms with E-state index in [1.807, 2.05) is 12.1 Å². The van der Waals surface area contributed by atoms with Crippen LogP contribution in [-0.2, 0) is 6.54 Å². The average molecular weight is 296 g/mol. The number of nitrogens with one attached hydrogen (secondary N) is 2. The number of hydrogen-bond acceptors (Lipinski definition) is 3. The van der Waals surface area contributed by atoms with E-state index in [2.05, 4.69) is 20.5 Å². The number of H-pyrrole nitrogens is 1. The van der Waals surface area contributed by atoms with Crippen molar-refractivity contribution in [1.29, 1.82) is 0 Å². The summed E-state index contributed by atoms with van der Waals surface area (Å²) >= 11 is 0. The van der Waals surface area contributed by atoms with E-state index in [-0.39, 0.29) is 11.7 Å². The van der Waals surface area contributed by atoms with Gasteiger partial charge in [-0.1, -0.05) is 12.1 Å². The summed E-state index contributed by atoms with van der Waals surface area (Å²) in [6.07, 6.45) is 3.33. The zero-order chi connectivity index (χ0) is 15.4. The summed E-state index contributed by atoms with van der Waals surface area (Å²) in [5, 5.41) is 9.57. The highest BCUT2D eigenvalue weighted by molar-refractivity contribution is 5.93. The maximum atomic E-state index is 12.8. The molecule has 0 spiro atoms. The van der Waals surface area contributed by atoms with Crippen molar-refractivity contribution in [3.63, 3.8) is 0 Å². The van der Waals surface area contributed by atoms with Gasteiger partial charge in [-0.3, -0.25) is 14.9 Å². The molecule has 22 heavy (non-hydrogen) atoms. The van der Waals surface area contributed by atoms with Gasteiger partial charge in [0.15, 0.2) is 0 Å². The molecule has 3 rings (SSSR count). The van der Waals surface area contributed by atoms with Crippen molar-refractivity contribution in [1.82, 2.24) is 20.5 Å². The molecule has 6 heteroatoms. The van der Waals surface area contributed by atoms with Crippen LogP contribution in [-0.4, -0.2) is 21.1 Å². The zero-order valence-corrected chi connectivity index (χ0v) is 11.6. The Kier molecular flexibility index (Phi) is 3.91. The van der Waals surface area contributed by atoms with Crippen LogP contribution < -0.4 is 5.32 Å². The molecule has 0 aliphatic rings. The van der Waals surface area contributed by atoms with Crippen molar-refractivity contribution in [2.24, 2.45) is 0 Å². The average Bonchev–Trinajstić information content (AvgIpc) is 3.05. The van der Waals surface area contributed by atoms with Gasteiger partial charge in [0.2, 0.25) is 0 Å². The van der Waals surface area contributed by atoms with Gasteiger partial charge in [0.1, 0.15) is 11.5 Å². The summed E-state index contributed by atoms with van der Waals surface area (Å²) in [6, 6.07) is 11.3. The van der Waals surface area contributed by atoms with Crippen molar-refractivity contribution >= 4 is 5.91 Å². The van der Waals surface area contributed by atoms with E-state index in [4.69, 9.17) is 0 Å². The van der Waals surface area contributed by atoms with Crippen LogP contribution in [0.15, 0.2) is 54.9 Å². The van der Waals surface area contributed by atoms with Crippen LogP contribution >= 0.6 is 0 Å². The molecule has 2 aromatic heterocycles. The molecule has 2 N–H and O–H groups in total. The molecule has 5 nitrogen and oxygen atoms in total. The number of pyridine rings is 1. The SMILES string of the molecule is O=C(NCc1ccc(F)cc1)c1cc(-c2ccncc2)n[nH]1. The first-order valence-electron chi connectivity index (χ1n) is 6.71. The molecule has 1 amide bonds. The lowest BCUT2D eigenvalue weighted by atomic mass is 10.2. The van der Waals surface area contributed by atoms with Crippen LogP contribution in [0.4, 0.5) is 4.39 Å². The standard InChI is InChI=1S/C16H13FN4O/c17-13-3-1-11(2-4-13)10-19-16(22)15-9-14(20-21-15)12-5-7-18-8-6-12/h1-9H,10H2,(H,19,22)(H,20,21). The molecular weight excluding hydrogens is 283 g/mol. The molecular formula is C16H13FN4O. The minimum Gasteiger partial charge on any atom is -0.347 e. The molecule has 3 aromatic rings. The molecule has 0 fully saturated rings. The maximum Gasteiger partial charge on any atom is 0.269 e. The van der Waals surface area contributed by atoms with E-state index in [1.165, 1.54) is 12.1 Å². The molecule has 0 saturated heterocycles. The molecule has 0 atom stereocenters. The first-order valence-corrected chi connectivity index (χ1v) is 6.71. The summed E-state index contributed by atoms with van der Waals surface area (Å²) in [5.41, 5.74) is 2.75. The van der Waals surface area contributed by atoms with Gasteiger partial charge >= 0.3 is 0 Å². The Morgan fingerprint density at radius 2 is 1.86 bits per heavy atom. The van der Waals surface area contributed by atoms with Gasteiger partial charge in [-0.05, 0) is 35.9 Å². The van der Waals surface area contributed by atoms with Crippen molar-refractivity contribution in [2.45, 2.75) is 6.54 Å². The number of aromatic amines is 1. The Morgan fingerprint density at radius 1 is 1.14 bits per heavy atom. The maximum absolute atomic E-state index is 12.8. The highest BCUT2D eigenvalue weighted by Crippen LogP contribution is 2.16. The minimum atomic E-state index is -0.300. The van der Waals surface area contributed by atoms with E-state index in [0.717, 1.165) is 11.1 Å². The number of benzene rings is 1. The van der Waals surface area contributed by atoms with Crippen molar-refractivity contribution in [2.75, 3.05) is 0 Å².